The number of hydrogen-bond acceptors (Lipinski definition) is 6. The molecule has 4 aromatic heterocycles. The van der Waals surface area contributed by atoms with Crippen LogP contribution < -0.4 is 0 Å². The van der Waals surface area contributed by atoms with E-state index in [2.05, 4.69) is 39.3 Å². The molecule has 0 saturated carbocycles. The summed E-state index contributed by atoms with van der Waals surface area (Å²) in [6, 6.07) is 20.2. The van der Waals surface area contributed by atoms with Crippen molar-refractivity contribution in [2.45, 2.75) is 39.3 Å². The van der Waals surface area contributed by atoms with Crippen LogP contribution in [0.3, 0.4) is 0 Å². The number of hydrogen-bond donors (Lipinski definition) is 0. The number of benzene rings is 1. The number of aryl methyl sites for hydroxylation is 2. The zero-order valence-electron chi connectivity index (χ0n) is 19.1. The Morgan fingerprint density at radius 3 is 2.41 bits per heavy atom. The van der Waals surface area contributed by atoms with E-state index in [1.165, 1.54) is 5.56 Å². The minimum absolute atomic E-state index is 0.631. The summed E-state index contributed by atoms with van der Waals surface area (Å²) >= 11 is 0. The van der Waals surface area contributed by atoms with Gasteiger partial charge in [-0.25, -0.2) is 14.3 Å². The van der Waals surface area contributed by atoms with Crippen LogP contribution in [0.25, 0.3) is 11.5 Å². The van der Waals surface area contributed by atoms with E-state index >= 15 is 0 Å². The van der Waals surface area contributed by atoms with E-state index in [9.17, 15) is 0 Å². The largest absolute Gasteiger partial charge is 0.265 e. The van der Waals surface area contributed by atoms with Crippen LogP contribution in [0.15, 0.2) is 79.3 Å². The molecule has 0 amide bonds. The monoisotopic (exact) mass is 450 g/mol. The van der Waals surface area contributed by atoms with Gasteiger partial charge >= 0.3 is 0 Å². The smallest absolute Gasteiger partial charge is 0.180 e. The van der Waals surface area contributed by atoms with Gasteiger partial charge in [0, 0.05) is 43.7 Å². The van der Waals surface area contributed by atoms with Gasteiger partial charge < -0.3 is 0 Å². The third-order valence-electron chi connectivity index (χ3n) is 5.69. The van der Waals surface area contributed by atoms with Crippen molar-refractivity contribution in [3.05, 3.63) is 108 Å². The van der Waals surface area contributed by atoms with Gasteiger partial charge in [0.1, 0.15) is 0 Å². The zero-order valence-corrected chi connectivity index (χ0v) is 19.1. The van der Waals surface area contributed by atoms with Gasteiger partial charge in [-0.1, -0.05) is 48.5 Å². The Labute approximate surface area is 198 Å². The first kappa shape index (κ1) is 21.6. The highest BCUT2D eigenvalue weighted by Gasteiger charge is 2.21. The standard InChI is InChI=1S/C26H26N8/c1-2-23-25(30-32-34(23)19-21-8-4-3-5-9-21)26-29-24(18-20-11-15-27-16-12-20)31-33(26)17-13-22-10-6-7-14-28-22/h3-12,14-16H,2,13,17-19H2,1H3. The fourth-order valence-electron chi connectivity index (χ4n) is 3.98. The molecule has 0 aliphatic rings. The van der Waals surface area contributed by atoms with Crippen LogP contribution in [0.4, 0.5) is 0 Å². The van der Waals surface area contributed by atoms with E-state index in [4.69, 9.17) is 10.1 Å². The highest BCUT2D eigenvalue weighted by atomic mass is 15.4. The Bertz CT molecular complexity index is 1330. The lowest BCUT2D eigenvalue weighted by atomic mass is 10.2. The molecule has 0 N–H and O–H groups in total. The van der Waals surface area contributed by atoms with Gasteiger partial charge in [0.05, 0.1) is 12.2 Å². The SMILES string of the molecule is CCc1c(-c2nc(Cc3ccncc3)nn2CCc2ccccn2)nnn1Cc1ccccc1. The highest BCUT2D eigenvalue weighted by molar-refractivity contribution is 5.53. The van der Waals surface area contributed by atoms with Gasteiger partial charge in [-0.15, -0.1) is 5.10 Å². The predicted molar refractivity (Wildman–Crippen MR) is 129 cm³/mol. The molecule has 170 valence electrons. The van der Waals surface area contributed by atoms with Gasteiger partial charge in [-0.2, -0.15) is 5.10 Å². The molecule has 5 aromatic rings. The Balaban J connectivity index is 1.48. The van der Waals surface area contributed by atoms with Crippen molar-refractivity contribution >= 4 is 0 Å². The van der Waals surface area contributed by atoms with Crippen molar-refractivity contribution in [3.63, 3.8) is 0 Å². The van der Waals surface area contributed by atoms with E-state index < -0.39 is 0 Å². The van der Waals surface area contributed by atoms with Crippen LogP contribution in [0.1, 0.15) is 35.3 Å². The lowest BCUT2D eigenvalue weighted by molar-refractivity contribution is 0.606. The van der Waals surface area contributed by atoms with Crippen LogP contribution in [0.5, 0.6) is 0 Å². The number of aromatic nitrogens is 8. The Morgan fingerprint density at radius 2 is 1.65 bits per heavy atom. The molecule has 0 atom stereocenters. The molecule has 8 nitrogen and oxygen atoms in total. The van der Waals surface area contributed by atoms with Crippen molar-refractivity contribution in [2.75, 3.05) is 0 Å². The van der Waals surface area contributed by atoms with Crippen LogP contribution in [0.2, 0.25) is 0 Å². The second kappa shape index (κ2) is 10.2. The molecule has 5 rings (SSSR count). The summed E-state index contributed by atoms with van der Waals surface area (Å²) in [5.41, 5.74) is 5.15. The van der Waals surface area contributed by atoms with Crippen LogP contribution in [0, 0.1) is 0 Å². The van der Waals surface area contributed by atoms with E-state index in [0.29, 0.717) is 19.5 Å². The van der Waals surface area contributed by atoms with Crippen LogP contribution in [-0.4, -0.2) is 39.7 Å². The molecule has 4 heterocycles. The lowest BCUT2D eigenvalue weighted by Gasteiger charge is -2.07. The molecule has 0 spiro atoms. The Kier molecular flexibility index (Phi) is 6.47. The molecule has 0 radical (unpaired) electrons. The summed E-state index contributed by atoms with van der Waals surface area (Å²) < 4.78 is 3.91. The normalized spacial score (nSPS) is 11.1. The maximum atomic E-state index is 4.91. The maximum absolute atomic E-state index is 4.91. The zero-order chi connectivity index (χ0) is 23.2. The van der Waals surface area contributed by atoms with Crippen LogP contribution in [-0.2, 0) is 32.4 Å². The molecule has 0 unspecified atom stereocenters. The van der Waals surface area contributed by atoms with E-state index in [-0.39, 0.29) is 0 Å². The molecule has 0 aliphatic carbocycles. The first-order chi connectivity index (χ1) is 16.8. The molecular weight excluding hydrogens is 424 g/mol. The fraction of sp³-hybridized carbons (Fsp3) is 0.231. The molecule has 0 fully saturated rings. The van der Waals surface area contributed by atoms with Gasteiger partial charge in [-0.3, -0.25) is 9.97 Å². The number of nitrogens with zero attached hydrogens (tertiary/aromatic N) is 8. The first-order valence-corrected chi connectivity index (χ1v) is 11.5. The van der Waals surface area contributed by atoms with E-state index in [1.807, 2.05) is 64.1 Å². The third kappa shape index (κ3) is 4.91. The minimum atomic E-state index is 0.631. The molecule has 0 bridgehead atoms. The minimum Gasteiger partial charge on any atom is -0.265 e. The molecule has 0 aliphatic heterocycles. The lowest BCUT2D eigenvalue weighted by Crippen LogP contribution is -2.09. The summed E-state index contributed by atoms with van der Waals surface area (Å²) in [6.45, 7) is 3.45. The summed E-state index contributed by atoms with van der Waals surface area (Å²) in [4.78, 5) is 13.5. The fourth-order valence-corrected chi connectivity index (χ4v) is 3.98. The second-order valence-corrected chi connectivity index (χ2v) is 8.06. The van der Waals surface area contributed by atoms with Crippen molar-refractivity contribution < 1.29 is 0 Å². The van der Waals surface area contributed by atoms with Crippen molar-refractivity contribution in [1.29, 1.82) is 0 Å². The third-order valence-corrected chi connectivity index (χ3v) is 5.69. The average Bonchev–Trinajstić information content (AvgIpc) is 3.47. The van der Waals surface area contributed by atoms with Gasteiger partial charge in [0.15, 0.2) is 17.3 Å². The Morgan fingerprint density at radius 1 is 0.824 bits per heavy atom. The highest BCUT2D eigenvalue weighted by Crippen LogP contribution is 2.22. The summed E-state index contributed by atoms with van der Waals surface area (Å²) in [5.74, 6) is 1.50. The molecule has 0 saturated heterocycles. The summed E-state index contributed by atoms with van der Waals surface area (Å²) in [7, 11) is 0. The quantitative estimate of drug-likeness (QED) is 0.340. The summed E-state index contributed by atoms with van der Waals surface area (Å²) in [6.07, 6.45) is 7.58. The first-order valence-electron chi connectivity index (χ1n) is 11.5. The van der Waals surface area contributed by atoms with Crippen molar-refractivity contribution in [1.82, 2.24) is 39.7 Å². The molecular formula is C26H26N8. The van der Waals surface area contributed by atoms with Crippen LogP contribution >= 0.6 is 0 Å². The number of rotatable bonds is 9. The summed E-state index contributed by atoms with van der Waals surface area (Å²) in [5, 5.41) is 13.9. The predicted octanol–water partition coefficient (Wildman–Crippen LogP) is 3.77. The van der Waals surface area contributed by atoms with Crippen molar-refractivity contribution in [2.24, 2.45) is 0 Å². The second-order valence-electron chi connectivity index (χ2n) is 8.06. The van der Waals surface area contributed by atoms with Gasteiger partial charge in [-0.05, 0) is 41.8 Å². The average molecular weight is 451 g/mol. The maximum Gasteiger partial charge on any atom is 0.180 e. The van der Waals surface area contributed by atoms with Gasteiger partial charge in [0.25, 0.3) is 0 Å². The molecule has 1 aromatic carbocycles. The molecule has 8 heteroatoms. The van der Waals surface area contributed by atoms with Crippen molar-refractivity contribution in [3.8, 4) is 11.5 Å². The molecule has 34 heavy (non-hydrogen) atoms. The Hall–Kier alpha value is -4.20. The van der Waals surface area contributed by atoms with E-state index in [0.717, 1.165) is 47.1 Å². The van der Waals surface area contributed by atoms with Gasteiger partial charge in [0.2, 0.25) is 0 Å². The number of pyridine rings is 2. The topological polar surface area (TPSA) is 87.2 Å². The van der Waals surface area contributed by atoms with E-state index in [1.54, 1.807) is 12.4 Å².